The van der Waals surface area contributed by atoms with Crippen LogP contribution in [-0.4, -0.2) is 20.9 Å². The molecule has 2 aromatic heterocycles. The lowest BCUT2D eigenvalue weighted by atomic mass is 10.3. The minimum absolute atomic E-state index is 0.216. The zero-order valence-electron chi connectivity index (χ0n) is 12.6. The molecule has 0 aliphatic heterocycles. The fourth-order valence-corrected chi connectivity index (χ4v) is 2.02. The Kier molecular flexibility index (Phi) is 4.71. The molecular weight excluding hydrogens is 309 g/mol. The number of nitrogens with zero attached hydrogens (tertiary/aromatic N) is 3. The van der Waals surface area contributed by atoms with Crippen LogP contribution in [0.5, 0.6) is 0 Å². The normalized spacial score (nSPS) is 10.2. The van der Waals surface area contributed by atoms with Gasteiger partial charge in [-0.2, -0.15) is 0 Å². The fraction of sp³-hybridized carbons (Fsp3) is 0.0588. The first-order valence-electron chi connectivity index (χ1n) is 7.23. The fourth-order valence-electron chi connectivity index (χ4n) is 2.02. The summed E-state index contributed by atoms with van der Waals surface area (Å²) in [5.74, 6) is -0.483. The van der Waals surface area contributed by atoms with Gasteiger partial charge in [0.2, 0.25) is 5.95 Å². The number of halogens is 1. The molecular formula is C17H14FN5O. The highest BCUT2D eigenvalue weighted by Crippen LogP contribution is 2.14. The summed E-state index contributed by atoms with van der Waals surface area (Å²) >= 11 is 0. The Labute approximate surface area is 137 Å². The van der Waals surface area contributed by atoms with E-state index < -0.39 is 0 Å². The molecule has 7 heteroatoms. The van der Waals surface area contributed by atoms with Crippen molar-refractivity contribution in [1.29, 1.82) is 0 Å². The van der Waals surface area contributed by atoms with Crippen LogP contribution in [0.15, 0.2) is 61.1 Å². The molecule has 2 N–H and O–H groups in total. The van der Waals surface area contributed by atoms with Gasteiger partial charge < -0.3 is 10.6 Å². The predicted molar refractivity (Wildman–Crippen MR) is 87.1 cm³/mol. The number of rotatable bonds is 5. The van der Waals surface area contributed by atoms with E-state index >= 15 is 0 Å². The number of carbonyl (C=O) groups excluding carboxylic acids is 1. The Bertz CT molecular complexity index is 841. The largest absolute Gasteiger partial charge is 0.347 e. The predicted octanol–water partition coefficient (Wildman–Crippen LogP) is 2.68. The molecule has 0 fully saturated rings. The van der Waals surface area contributed by atoms with Crippen LogP contribution in [0.25, 0.3) is 0 Å². The summed E-state index contributed by atoms with van der Waals surface area (Å²) in [6.07, 6.45) is 4.81. The van der Waals surface area contributed by atoms with E-state index in [4.69, 9.17) is 0 Å². The van der Waals surface area contributed by atoms with E-state index in [0.29, 0.717) is 12.2 Å². The second kappa shape index (κ2) is 7.28. The molecule has 0 saturated carbocycles. The average molecular weight is 323 g/mol. The first-order chi connectivity index (χ1) is 11.7. The molecule has 3 rings (SSSR count). The van der Waals surface area contributed by atoms with E-state index in [-0.39, 0.29) is 23.4 Å². The lowest BCUT2D eigenvalue weighted by molar-refractivity contribution is 0.0946. The highest BCUT2D eigenvalue weighted by Gasteiger charge is 2.09. The monoisotopic (exact) mass is 323 g/mol. The molecule has 0 atom stereocenters. The van der Waals surface area contributed by atoms with Crippen LogP contribution in [0, 0.1) is 5.82 Å². The third kappa shape index (κ3) is 4.10. The Morgan fingerprint density at radius 2 is 2.04 bits per heavy atom. The highest BCUT2D eigenvalue weighted by molar-refractivity contribution is 5.92. The number of hydrogen-bond acceptors (Lipinski definition) is 5. The molecule has 0 spiro atoms. The number of anilines is 2. The highest BCUT2D eigenvalue weighted by atomic mass is 19.1. The van der Waals surface area contributed by atoms with Crippen LogP contribution in [0.4, 0.5) is 16.0 Å². The molecule has 120 valence electrons. The zero-order valence-corrected chi connectivity index (χ0v) is 12.6. The number of hydrogen-bond donors (Lipinski definition) is 2. The zero-order chi connectivity index (χ0) is 16.8. The lowest BCUT2D eigenvalue weighted by Crippen LogP contribution is -2.24. The summed E-state index contributed by atoms with van der Waals surface area (Å²) in [7, 11) is 0. The molecule has 3 aromatic rings. The van der Waals surface area contributed by atoms with Crippen LogP contribution in [0.3, 0.4) is 0 Å². The molecule has 0 aliphatic carbocycles. The number of nitrogens with one attached hydrogen (secondary N) is 2. The Hall–Kier alpha value is -3.35. The SMILES string of the molecule is O=C(NCc1cccnc1)c1ccnc(Nc2cccc(F)c2)n1. The molecule has 24 heavy (non-hydrogen) atoms. The van der Waals surface area contributed by atoms with Crippen LogP contribution in [0.2, 0.25) is 0 Å². The Morgan fingerprint density at radius 1 is 1.12 bits per heavy atom. The van der Waals surface area contributed by atoms with Gasteiger partial charge in [0.1, 0.15) is 11.5 Å². The summed E-state index contributed by atoms with van der Waals surface area (Å²) in [6.45, 7) is 0.351. The standard InChI is InChI=1S/C17H14FN5O/c18-13-4-1-5-14(9-13)22-17-20-8-6-15(23-17)16(24)21-11-12-3-2-7-19-10-12/h1-10H,11H2,(H,21,24)(H,20,22,23). The van der Waals surface area contributed by atoms with Crippen LogP contribution < -0.4 is 10.6 Å². The van der Waals surface area contributed by atoms with Gasteiger partial charge in [0, 0.05) is 30.8 Å². The summed E-state index contributed by atoms with van der Waals surface area (Å²) < 4.78 is 13.2. The van der Waals surface area contributed by atoms with Crippen molar-refractivity contribution >= 4 is 17.5 Å². The van der Waals surface area contributed by atoms with Crippen molar-refractivity contribution in [3.05, 3.63) is 78.1 Å². The van der Waals surface area contributed by atoms with Crippen molar-refractivity contribution in [3.8, 4) is 0 Å². The van der Waals surface area contributed by atoms with Gasteiger partial charge in [0.15, 0.2) is 0 Å². The van der Waals surface area contributed by atoms with Gasteiger partial charge in [-0.1, -0.05) is 12.1 Å². The molecule has 0 unspecified atom stereocenters. The lowest BCUT2D eigenvalue weighted by Gasteiger charge is -2.07. The molecule has 6 nitrogen and oxygen atoms in total. The van der Waals surface area contributed by atoms with Gasteiger partial charge in [-0.25, -0.2) is 14.4 Å². The first-order valence-corrected chi connectivity index (χ1v) is 7.23. The van der Waals surface area contributed by atoms with Crippen LogP contribution in [-0.2, 0) is 6.54 Å². The van der Waals surface area contributed by atoms with Crippen molar-refractivity contribution in [2.24, 2.45) is 0 Å². The molecule has 1 aromatic carbocycles. The summed E-state index contributed by atoms with van der Waals surface area (Å²) in [4.78, 5) is 24.3. The van der Waals surface area contributed by atoms with E-state index in [2.05, 4.69) is 25.6 Å². The molecule has 1 amide bonds. The minimum Gasteiger partial charge on any atom is -0.347 e. The average Bonchev–Trinajstić information content (AvgIpc) is 2.61. The van der Waals surface area contributed by atoms with E-state index in [1.54, 1.807) is 30.6 Å². The van der Waals surface area contributed by atoms with Crippen molar-refractivity contribution in [2.45, 2.75) is 6.54 Å². The minimum atomic E-state index is -0.370. The Morgan fingerprint density at radius 3 is 2.83 bits per heavy atom. The number of carbonyl (C=O) groups is 1. The van der Waals surface area contributed by atoms with Crippen molar-refractivity contribution in [2.75, 3.05) is 5.32 Å². The molecule has 0 bridgehead atoms. The van der Waals surface area contributed by atoms with Gasteiger partial charge >= 0.3 is 0 Å². The first kappa shape index (κ1) is 15.5. The Balaban J connectivity index is 1.67. The number of amides is 1. The topological polar surface area (TPSA) is 79.8 Å². The van der Waals surface area contributed by atoms with E-state index in [9.17, 15) is 9.18 Å². The molecule has 0 saturated heterocycles. The van der Waals surface area contributed by atoms with Gasteiger partial charge in [0.05, 0.1) is 0 Å². The van der Waals surface area contributed by atoms with Crippen LogP contribution in [0.1, 0.15) is 16.1 Å². The molecule has 0 radical (unpaired) electrons. The second-order valence-corrected chi connectivity index (χ2v) is 4.94. The van der Waals surface area contributed by atoms with Crippen molar-refractivity contribution < 1.29 is 9.18 Å². The summed E-state index contributed by atoms with van der Waals surface area (Å²) in [6, 6.07) is 11.1. The van der Waals surface area contributed by atoms with Gasteiger partial charge in [-0.15, -0.1) is 0 Å². The number of aromatic nitrogens is 3. The number of pyridine rings is 1. The van der Waals surface area contributed by atoms with Crippen LogP contribution >= 0.6 is 0 Å². The van der Waals surface area contributed by atoms with Gasteiger partial charge in [-0.3, -0.25) is 9.78 Å². The van der Waals surface area contributed by atoms with Gasteiger partial charge in [0.25, 0.3) is 5.91 Å². The summed E-state index contributed by atoms with van der Waals surface area (Å²) in [5.41, 5.74) is 1.61. The maximum atomic E-state index is 13.2. The van der Waals surface area contributed by atoms with E-state index in [1.807, 2.05) is 6.07 Å². The maximum absolute atomic E-state index is 13.2. The maximum Gasteiger partial charge on any atom is 0.270 e. The third-order valence-electron chi connectivity index (χ3n) is 3.14. The van der Waals surface area contributed by atoms with Gasteiger partial charge in [-0.05, 0) is 35.9 Å². The quantitative estimate of drug-likeness (QED) is 0.754. The van der Waals surface area contributed by atoms with Crippen molar-refractivity contribution in [1.82, 2.24) is 20.3 Å². The third-order valence-corrected chi connectivity index (χ3v) is 3.14. The smallest absolute Gasteiger partial charge is 0.270 e. The molecule has 0 aliphatic rings. The molecule has 2 heterocycles. The van der Waals surface area contributed by atoms with Crippen molar-refractivity contribution in [3.63, 3.8) is 0 Å². The number of benzene rings is 1. The second-order valence-electron chi connectivity index (χ2n) is 4.94. The summed E-state index contributed by atoms with van der Waals surface area (Å²) in [5, 5.41) is 5.62. The van der Waals surface area contributed by atoms with E-state index in [1.165, 1.54) is 24.4 Å². The van der Waals surface area contributed by atoms with E-state index in [0.717, 1.165) is 5.56 Å².